The zero-order valence-corrected chi connectivity index (χ0v) is 17.2. The second-order valence-electron chi connectivity index (χ2n) is 5.94. The summed E-state index contributed by atoms with van der Waals surface area (Å²) < 4.78 is 5.19. The molecule has 3 aromatic rings. The van der Waals surface area contributed by atoms with Crippen LogP contribution in [0.4, 0.5) is 10.9 Å². The van der Waals surface area contributed by atoms with Crippen LogP contribution in [0, 0.1) is 6.92 Å². The van der Waals surface area contributed by atoms with Gasteiger partial charge >= 0.3 is 5.97 Å². The molecule has 0 saturated carbocycles. The monoisotopic (exact) mass is 412 g/mol. The molecule has 0 radical (unpaired) electrons. The number of carbonyl (C=O) groups excluding carboxylic acids is 1. The second kappa shape index (κ2) is 9.38. The molecule has 6 nitrogen and oxygen atoms in total. The summed E-state index contributed by atoms with van der Waals surface area (Å²) in [5, 5.41) is 6.97. The van der Waals surface area contributed by atoms with Gasteiger partial charge in [0.05, 0.1) is 12.2 Å². The molecule has 0 aliphatic carbocycles. The fourth-order valence-corrected chi connectivity index (χ4v) is 3.87. The zero-order chi connectivity index (χ0) is 19.9. The highest BCUT2D eigenvalue weighted by Crippen LogP contribution is 2.30. The Kier molecular flexibility index (Phi) is 6.67. The molecule has 3 rings (SSSR count). The van der Waals surface area contributed by atoms with Crippen LogP contribution < -0.4 is 10.6 Å². The Morgan fingerprint density at radius 2 is 2.00 bits per heavy atom. The van der Waals surface area contributed by atoms with Gasteiger partial charge in [-0.25, -0.2) is 14.8 Å². The lowest BCUT2D eigenvalue weighted by Crippen LogP contribution is -2.21. The first kappa shape index (κ1) is 19.9. The number of nitrogens with one attached hydrogen (secondary N) is 2. The van der Waals surface area contributed by atoms with Crippen LogP contribution >= 0.6 is 23.6 Å². The summed E-state index contributed by atoms with van der Waals surface area (Å²) in [6.07, 6.45) is 2.38. The van der Waals surface area contributed by atoms with Crippen LogP contribution in [0.2, 0.25) is 0 Å². The summed E-state index contributed by atoms with van der Waals surface area (Å²) >= 11 is 6.83. The van der Waals surface area contributed by atoms with Crippen LogP contribution in [0.25, 0.3) is 0 Å². The Labute approximate surface area is 173 Å². The molecule has 0 amide bonds. The quantitative estimate of drug-likeness (QED) is 0.458. The van der Waals surface area contributed by atoms with Gasteiger partial charge < -0.3 is 15.4 Å². The van der Waals surface area contributed by atoms with E-state index in [-0.39, 0.29) is 5.97 Å². The molecule has 8 heteroatoms. The first-order valence-corrected chi connectivity index (χ1v) is 9.99. The number of thiocarbonyl (C=S) groups is 1. The van der Waals surface area contributed by atoms with Crippen LogP contribution in [0.15, 0.2) is 48.7 Å². The lowest BCUT2D eigenvalue weighted by molar-refractivity contribution is 0.0528. The van der Waals surface area contributed by atoms with Gasteiger partial charge in [-0.2, -0.15) is 0 Å². The molecular formula is C20H20N4O2S2. The molecule has 0 bridgehead atoms. The Morgan fingerprint density at radius 1 is 1.21 bits per heavy atom. The largest absolute Gasteiger partial charge is 0.462 e. The molecule has 0 aliphatic heterocycles. The minimum Gasteiger partial charge on any atom is -0.462 e. The van der Waals surface area contributed by atoms with Crippen LogP contribution in [-0.4, -0.2) is 27.7 Å². The average molecular weight is 413 g/mol. The molecular weight excluding hydrogens is 392 g/mol. The molecule has 0 unspecified atom stereocenters. The van der Waals surface area contributed by atoms with Crippen LogP contribution in [0.3, 0.4) is 0 Å². The molecule has 2 N–H and O–H groups in total. The van der Waals surface area contributed by atoms with E-state index in [1.165, 1.54) is 16.9 Å². The van der Waals surface area contributed by atoms with Crippen LogP contribution in [0.1, 0.15) is 33.4 Å². The Hall–Kier alpha value is -2.84. The maximum Gasteiger partial charge on any atom is 0.341 e. The number of rotatable bonds is 6. The van der Waals surface area contributed by atoms with E-state index < -0.39 is 0 Å². The number of thiophene rings is 1. The first-order valence-electron chi connectivity index (χ1n) is 8.76. The third kappa shape index (κ3) is 5.34. The topological polar surface area (TPSA) is 76.1 Å². The summed E-state index contributed by atoms with van der Waals surface area (Å²) in [4.78, 5) is 21.8. The van der Waals surface area contributed by atoms with Crippen LogP contribution in [-0.2, 0) is 11.2 Å². The van der Waals surface area contributed by atoms with Crippen molar-refractivity contribution in [1.82, 2.24) is 9.97 Å². The Balaban J connectivity index is 1.79. The normalized spacial score (nSPS) is 10.4. The fourth-order valence-electron chi connectivity index (χ4n) is 2.52. The third-order valence-corrected chi connectivity index (χ3v) is 5.00. The number of aryl methyl sites for hydroxylation is 1. The van der Waals surface area contributed by atoms with Crippen molar-refractivity contribution in [1.29, 1.82) is 0 Å². The Bertz CT molecular complexity index is 973. The molecule has 2 aromatic heterocycles. The van der Waals surface area contributed by atoms with Gasteiger partial charge in [-0.05, 0) is 43.8 Å². The number of hydrogen-bond donors (Lipinski definition) is 2. The van der Waals surface area contributed by atoms with Crippen molar-refractivity contribution in [2.75, 3.05) is 17.2 Å². The predicted octanol–water partition coefficient (Wildman–Crippen LogP) is 4.42. The average Bonchev–Trinajstić information content (AvgIpc) is 3.05. The highest BCUT2D eigenvalue weighted by atomic mass is 32.1. The number of nitrogens with zero attached hydrogens (tertiary/aromatic N) is 2. The summed E-state index contributed by atoms with van der Waals surface area (Å²) in [6.45, 7) is 3.96. The van der Waals surface area contributed by atoms with E-state index >= 15 is 0 Å². The van der Waals surface area contributed by atoms with E-state index in [0.717, 1.165) is 17.0 Å². The van der Waals surface area contributed by atoms with Crippen LogP contribution in [0.5, 0.6) is 0 Å². The fraction of sp³-hybridized carbons (Fsp3) is 0.200. The van der Waals surface area contributed by atoms with Gasteiger partial charge in [-0.3, -0.25) is 0 Å². The molecule has 144 valence electrons. The number of carbonyl (C=O) groups is 1. The highest BCUT2D eigenvalue weighted by molar-refractivity contribution is 7.80. The van der Waals surface area contributed by atoms with E-state index in [1.807, 2.05) is 31.2 Å². The van der Waals surface area contributed by atoms with Crippen molar-refractivity contribution < 1.29 is 9.53 Å². The molecule has 1 aromatic carbocycles. The summed E-state index contributed by atoms with van der Waals surface area (Å²) in [7, 11) is 0. The standard InChI is InChI=1S/C20H20N4O2S2/c1-3-26-18(25)16-12-15(11-14-7-5-4-6-8-14)28-17(16)23-20(27)24-19-21-10-9-13(2)22-19/h4-10,12H,3,11H2,1-2H3,(H2,21,22,23,24,27). The van der Waals surface area contributed by atoms with Gasteiger partial charge in [-0.1, -0.05) is 30.3 Å². The minimum absolute atomic E-state index is 0.308. The van der Waals surface area contributed by atoms with Crippen molar-refractivity contribution in [2.45, 2.75) is 20.3 Å². The first-order chi connectivity index (χ1) is 13.5. The number of ether oxygens (including phenoxy) is 1. The number of benzene rings is 1. The van der Waals surface area contributed by atoms with E-state index in [2.05, 4.69) is 32.7 Å². The summed E-state index contributed by atoms with van der Waals surface area (Å²) in [6, 6.07) is 13.7. The number of aromatic nitrogens is 2. The van der Waals surface area contributed by atoms with Gasteiger partial charge in [0.15, 0.2) is 5.11 Å². The van der Waals surface area contributed by atoms with Crippen molar-refractivity contribution >= 4 is 45.6 Å². The predicted molar refractivity (Wildman–Crippen MR) is 116 cm³/mol. The van der Waals surface area contributed by atoms with Gasteiger partial charge in [0.2, 0.25) is 5.95 Å². The molecule has 0 aliphatic rings. The van der Waals surface area contributed by atoms with E-state index in [1.54, 1.807) is 19.2 Å². The Morgan fingerprint density at radius 3 is 2.71 bits per heavy atom. The number of anilines is 2. The van der Waals surface area contributed by atoms with E-state index in [9.17, 15) is 4.79 Å². The zero-order valence-electron chi connectivity index (χ0n) is 15.6. The lowest BCUT2D eigenvalue weighted by Gasteiger charge is -2.09. The minimum atomic E-state index is -0.379. The summed E-state index contributed by atoms with van der Waals surface area (Å²) in [5.74, 6) is 0.0198. The maximum absolute atomic E-state index is 12.4. The molecule has 0 saturated heterocycles. The second-order valence-corrected chi connectivity index (χ2v) is 7.48. The van der Waals surface area contributed by atoms with Gasteiger partial charge in [0.1, 0.15) is 5.00 Å². The number of esters is 1. The lowest BCUT2D eigenvalue weighted by atomic mass is 10.1. The summed E-state index contributed by atoms with van der Waals surface area (Å²) in [5.41, 5.74) is 2.46. The molecule has 2 heterocycles. The third-order valence-electron chi connectivity index (χ3n) is 3.75. The molecule has 0 spiro atoms. The van der Waals surface area contributed by atoms with Crippen molar-refractivity contribution in [3.63, 3.8) is 0 Å². The van der Waals surface area contributed by atoms with Crippen molar-refractivity contribution in [3.8, 4) is 0 Å². The van der Waals surface area contributed by atoms with Crippen molar-refractivity contribution in [3.05, 3.63) is 70.4 Å². The SMILES string of the molecule is CCOC(=O)c1cc(Cc2ccccc2)sc1NC(=S)Nc1nccc(C)n1. The molecule has 28 heavy (non-hydrogen) atoms. The molecule has 0 fully saturated rings. The maximum atomic E-state index is 12.4. The van der Waals surface area contributed by atoms with Gasteiger partial charge in [-0.15, -0.1) is 11.3 Å². The number of hydrogen-bond acceptors (Lipinski definition) is 6. The van der Waals surface area contributed by atoms with Gasteiger partial charge in [0, 0.05) is 23.2 Å². The molecule has 0 atom stereocenters. The van der Waals surface area contributed by atoms with Crippen molar-refractivity contribution in [2.24, 2.45) is 0 Å². The van der Waals surface area contributed by atoms with E-state index in [0.29, 0.717) is 28.2 Å². The van der Waals surface area contributed by atoms with Gasteiger partial charge in [0.25, 0.3) is 0 Å². The smallest absolute Gasteiger partial charge is 0.341 e. The van der Waals surface area contributed by atoms with E-state index in [4.69, 9.17) is 17.0 Å². The highest BCUT2D eigenvalue weighted by Gasteiger charge is 2.18.